The summed E-state index contributed by atoms with van der Waals surface area (Å²) >= 11 is 5.98. The van der Waals surface area contributed by atoms with Gasteiger partial charge in [0.15, 0.2) is 0 Å². The van der Waals surface area contributed by atoms with Crippen molar-refractivity contribution in [3.05, 3.63) is 70.6 Å². The van der Waals surface area contributed by atoms with Gasteiger partial charge in [-0.15, -0.1) is 0 Å². The maximum Gasteiger partial charge on any atom is 0.254 e. The molecule has 2 heterocycles. The third-order valence-corrected chi connectivity index (χ3v) is 6.39. The number of likely N-dealkylation sites (tertiary alicyclic amines) is 1. The summed E-state index contributed by atoms with van der Waals surface area (Å²) in [5, 5.41) is 4.75. The molecule has 8 heteroatoms. The summed E-state index contributed by atoms with van der Waals surface area (Å²) in [5.74, 6) is 0.660. The van der Waals surface area contributed by atoms with Gasteiger partial charge >= 0.3 is 0 Å². The Morgan fingerprint density at radius 1 is 1.15 bits per heavy atom. The second kappa shape index (κ2) is 10.8. The molecular weight excluding hydrogens is 452 g/mol. The second-order valence-corrected chi connectivity index (χ2v) is 9.04. The third-order valence-electron chi connectivity index (χ3n) is 6.13. The van der Waals surface area contributed by atoms with Crippen molar-refractivity contribution in [1.82, 2.24) is 19.9 Å². The van der Waals surface area contributed by atoms with Gasteiger partial charge in [0.2, 0.25) is 17.6 Å². The number of hydrogen-bond acceptors (Lipinski definition) is 5. The number of piperidine rings is 1. The summed E-state index contributed by atoms with van der Waals surface area (Å²) in [5.41, 5.74) is 2.33. The molecule has 1 saturated heterocycles. The number of amides is 2. The molecule has 1 fully saturated rings. The third kappa shape index (κ3) is 5.30. The van der Waals surface area contributed by atoms with Crippen molar-refractivity contribution in [2.45, 2.75) is 45.6 Å². The zero-order valence-corrected chi connectivity index (χ0v) is 20.3. The fraction of sp³-hybridized carbons (Fsp3) is 0.385. The summed E-state index contributed by atoms with van der Waals surface area (Å²) < 4.78 is 5.59. The minimum Gasteiger partial charge on any atom is -0.337 e. The first kappa shape index (κ1) is 24.0. The van der Waals surface area contributed by atoms with Gasteiger partial charge in [0.25, 0.3) is 5.91 Å². The maximum atomic E-state index is 13.4. The molecule has 1 unspecified atom stereocenters. The topological polar surface area (TPSA) is 79.5 Å². The van der Waals surface area contributed by atoms with Gasteiger partial charge in [-0.1, -0.05) is 41.9 Å². The van der Waals surface area contributed by atoms with Gasteiger partial charge in [0, 0.05) is 29.2 Å². The number of carbonyl (C=O) groups is 2. The molecule has 2 aromatic carbocycles. The molecule has 2 amide bonds. The van der Waals surface area contributed by atoms with Crippen LogP contribution >= 0.6 is 11.6 Å². The Kier molecular flexibility index (Phi) is 7.63. The fourth-order valence-electron chi connectivity index (χ4n) is 4.33. The molecule has 4 rings (SSSR count). The van der Waals surface area contributed by atoms with E-state index in [0.717, 1.165) is 36.8 Å². The predicted octanol–water partition coefficient (Wildman–Crippen LogP) is 5.30. The average Bonchev–Trinajstić information content (AvgIpc) is 3.34. The van der Waals surface area contributed by atoms with Crippen molar-refractivity contribution in [3.8, 4) is 11.4 Å². The molecule has 34 heavy (non-hydrogen) atoms. The van der Waals surface area contributed by atoms with Gasteiger partial charge in [-0.25, -0.2) is 0 Å². The van der Waals surface area contributed by atoms with Crippen LogP contribution in [0.2, 0.25) is 5.02 Å². The Balaban J connectivity index is 1.52. The molecule has 0 aliphatic carbocycles. The van der Waals surface area contributed by atoms with E-state index in [1.807, 2.05) is 50.2 Å². The molecule has 1 aliphatic rings. The molecule has 3 aromatic rings. The van der Waals surface area contributed by atoms with Crippen molar-refractivity contribution in [3.63, 3.8) is 0 Å². The molecule has 0 saturated carbocycles. The highest BCUT2D eigenvalue weighted by Crippen LogP contribution is 2.31. The lowest BCUT2D eigenvalue weighted by atomic mass is 10.0. The molecule has 7 nitrogen and oxygen atoms in total. The average molecular weight is 481 g/mol. The minimum absolute atomic E-state index is 0.0235. The van der Waals surface area contributed by atoms with E-state index in [1.165, 1.54) is 0 Å². The van der Waals surface area contributed by atoms with Gasteiger partial charge in [-0.2, -0.15) is 4.98 Å². The van der Waals surface area contributed by atoms with Crippen molar-refractivity contribution in [2.24, 2.45) is 0 Å². The Labute approximate surface area is 204 Å². The largest absolute Gasteiger partial charge is 0.337 e. The van der Waals surface area contributed by atoms with Crippen molar-refractivity contribution in [2.75, 3.05) is 19.6 Å². The van der Waals surface area contributed by atoms with Gasteiger partial charge < -0.3 is 14.3 Å². The number of benzene rings is 2. The van der Waals surface area contributed by atoms with E-state index >= 15 is 0 Å². The Morgan fingerprint density at radius 2 is 1.91 bits per heavy atom. The first-order chi connectivity index (χ1) is 16.5. The van der Waals surface area contributed by atoms with Crippen LogP contribution in [0.25, 0.3) is 11.4 Å². The van der Waals surface area contributed by atoms with Crippen molar-refractivity contribution >= 4 is 23.4 Å². The summed E-state index contributed by atoms with van der Waals surface area (Å²) in [6, 6.07) is 14.4. The smallest absolute Gasteiger partial charge is 0.254 e. The minimum atomic E-state index is -0.299. The standard InChI is InChI=1S/C26H29ClN4O3/c1-3-15-30(26(33)21-9-5-4-8-18(21)2)17-23(32)31-16-7-6-10-22(31)25-28-24(29-34-25)19-11-13-20(27)14-12-19/h4-5,8-9,11-14,22H,3,6-7,10,15-17H2,1-2H3. The molecule has 178 valence electrons. The molecule has 1 aliphatic heterocycles. The van der Waals surface area contributed by atoms with E-state index in [9.17, 15) is 9.59 Å². The first-order valence-corrected chi connectivity index (χ1v) is 12.1. The first-order valence-electron chi connectivity index (χ1n) is 11.7. The van der Waals surface area contributed by atoms with Gasteiger partial charge in [-0.05, 0) is 68.5 Å². The second-order valence-electron chi connectivity index (χ2n) is 8.60. The normalized spacial score (nSPS) is 15.9. The van der Waals surface area contributed by atoms with E-state index in [2.05, 4.69) is 10.1 Å². The highest BCUT2D eigenvalue weighted by Gasteiger charge is 2.33. The van der Waals surface area contributed by atoms with E-state index in [4.69, 9.17) is 16.1 Å². The Hall–Kier alpha value is -3.19. The SMILES string of the molecule is CCCN(CC(=O)N1CCCCC1c1nc(-c2ccc(Cl)cc2)no1)C(=O)c1ccccc1C. The lowest BCUT2D eigenvalue weighted by Crippen LogP contribution is -2.46. The summed E-state index contributed by atoms with van der Waals surface area (Å²) in [6.07, 6.45) is 3.38. The zero-order chi connectivity index (χ0) is 24.1. The number of rotatable bonds is 7. The number of hydrogen-bond donors (Lipinski definition) is 0. The van der Waals surface area contributed by atoms with Crippen molar-refractivity contribution in [1.29, 1.82) is 0 Å². The van der Waals surface area contributed by atoms with E-state index in [-0.39, 0.29) is 24.4 Å². The summed E-state index contributed by atoms with van der Waals surface area (Å²) in [7, 11) is 0. The van der Waals surface area contributed by atoms with Crippen LogP contribution in [0.4, 0.5) is 0 Å². The highest BCUT2D eigenvalue weighted by molar-refractivity contribution is 6.30. The summed E-state index contributed by atoms with van der Waals surface area (Å²) in [6.45, 7) is 5.05. The van der Waals surface area contributed by atoms with Crippen molar-refractivity contribution < 1.29 is 14.1 Å². The molecule has 1 aromatic heterocycles. The molecule has 0 N–H and O–H groups in total. The van der Waals surface area contributed by atoms with Crippen LogP contribution in [0, 0.1) is 6.92 Å². The van der Waals surface area contributed by atoms with Crippen LogP contribution in [0.15, 0.2) is 53.1 Å². The number of aromatic nitrogens is 2. The molecule has 0 spiro atoms. The van der Waals surface area contributed by atoms with E-state index in [1.54, 1.807) is 21.9 Å². The Bertz CT molecular complexity index is 1140. The van der Waals surface area contributed by atoms with Gasteiger partial charge in [0.05, 0.1) is 0 Å². The quantitative estimate of drug-likeness (QED) is 0.458. The van der Waals surface area contributed by atoms with Crippen LogP contribution in [-0.4, -0.2) is 51.4 Å². The lowest BCUT2D eigenvalue weighted by molar-refractivity contribution is -0.136. The number of halogens is 1. The molecular formula is C26H29ClN4O3. The lowest BCUT2D eigenvalue weighted by Gasteiger charge is -2.35. The fourth-order valence-corrected chi connectivity index (χ4v) is 4.46. The van der Waals surface area contributed by atoms with Crippen LogP contribution in [0.5, 0.6) is 0 Å². The number of aryl methyl sites for hydroxylation is 1. The van der Waals surface area contributed by atoms with Gasteiger partial charge in [0.1, 0.15) is 12.6 Å². The highest BCUT2D eigenvalue weighted by atomic mass is 35.5. The zero-order valence-electron chi connectivity index (χ0n) is 19.5. The predicted molar refractivity (Wildman–Crippen MR) is 130 cm³/mol. The maximum absolute atomic E-state index is 13.4. The monoisotopic (exact) mass is 480 g/mol. The van der Waals surface area contributed by atoms with Crippen LogP contribution < -0.4 is 0 Å². The summed E-state index contributed by atoms with van der Waals surface area (Å²) in [4.78, 5) is 34.7. The van der Waals surface area contributed by atoms with Crippen LogP contribution in [-0.2, 0) is 4.79 Å². The number of carbonyl (C=O) groups excluding carboxylic acids is 2. The number of nitrogens with zero attached hydrogens (tertiary/aromatic N) is 4. The molecule has 0 bridgehead atoms. The Morgan fingerprint density at radius 3 is 2.65 bits per heavy atom. The van der Waals surface area contributed by atoms with Crippen LogP contribution in [0.3, 0.4) is 0 Å². The molecule has 1 atom stereocenters. The molecule has 0 radical (unpaired) electrons. The van der Waals surface area contributed by atoms with E-state index in [0.29, 0.717) is 35.4 Å². The van der Waals surface area contributed by atoms with Gasteiger partial charge in [-0.3, -0.25) is 9.59 Å². The van der Waals surface area contributed by atoms with Crippen LogP contribution in [0.1, 0.15) is 60.5 Å². The van der Waals surface area contributed by atoms with E-state index < -0.39 is 0 Å².